The van der Waals surface area contributed by atoms with Crippen molar-refractivity contribution >= 4 is 11.8 Å². The van der Waals surface area contributed by atoms with Gasteiger partial charge < -0.3 is 10.2 Å². The Bertz CT molecular complexity index is 1060. The van der Waals surface area contributed by atoms with Gasteiger partial charge in [-0.3, -0.25) is 9.59 Å². The molecule has 0 aliphatic heterocycles. The maximum Gasteiger partial charge on any atom is 0.243 e. The standard InChI is InChI=1S/C30H36N2O2/c1-22(2)20-31-30(34)28(18-25-11-7-5-8-12-25)32(21-26-13-9-6-10-14-26)29(33)19-27-16-23(3)15-24(4)17-27/h5-17,22,28H,18-21H2,1-4H3,(H,31,34)/t28-/m1/s1. The second-order valence-corrected chi connectivity index (χ2v) is 9.52. The summed E-state index contributed by atoms with van der Waals surface area (Å²) in [5.74, 6) is 0.173. The zero-order chi connectivity index (χ0) is 24.5. The molecule has 0 unspecified atom stereocenters. The Morgan fingerprint density at radius 3 is 1.91 bits per heavy atom. The summed E-state index contributed by atoms with van der Waals surface area (Å²) in [5, 5.41) is 3.07. The van der Waals surface area contributed by atoms with E-state index in [2.05, 4.69) is 37.4 Å². The highest BCUT2D eigenvalue weighted by Gasteiger charge is 2.30. The van der Waals surface area contributed by atoms with Crippen LogP contribution in [0.15, 0.2) is 78.9 Å². The fraction of sp³-hybridized carbons (Fsp3) is 0.333. The lowest BCUT2D eigenvalue weighted by Crippen LogP contribution is -2.51. The summed E-state index contributed by atoms with van der Waals surface area (Å²) in [7, 11) is 0. The minimum Gasteiger partial charge on any atom is -0.354 e. The highest BCUT2D eigenvalue weighted by Crippen LogP contribution is 2.18. The first-order valence-corrected chi connectivity index (χ1v) is 12.0. The van der Waals surface area contributed by atoms with Crippen LogP contribution >= 0.6 is 0 Å². The van der Waals surface area contributed by atoms with Gasteiger partial charge in [-0.2, -0.15) is 0 Å². The number of hydrogen-bond donors (Lipinski definition) is 1. The number of rotatable bonds is 10. The van der Waals surface area contributed by atoms with Crippen molar-refractivity contribution in [1.82, 2.24) is 10.2 Å². The van der Waals surface area contributed by atoms with Gasteiger partial charge in [0.05, 0.1) is 6.42 Å². The summed E-state index contributed by atoms with van der Waals surface area (Å²) in [6.07, 6.45) is 0.730. The molecule has 0 radical (unpaired) electrons. The molecule has 0 aliphatic carbocycles. The van der Waals surface area contributed by atoms with Crippen LogP contribution in [0, 0.1) is 19.8 Å². The number of aryl methyl sites for hydroxylation is 2. The largest absolute Gasteiger partial charge is 0.354 e. The first-order valence-electron chi connectivity index (χ1n) is 12.0. The lowest BCUT2D eigenvalue weighted by Gasteiger charge is -2.32. The third-order valence-corrected chi connectivity index (χ3v) is 5.79. The number of carbonyl (C=O) groups is 2. The molecule has 0 fully saturated rings. The van der Waals surface area contributed by atoms with E-state index in [1.807, 2.05) is 74.5 Å². The second-order valence-electron chi connectivity index (χ2n) is 9.52. The van der Waals surface area contributed by atoms with E-state index in [0.29, 0.717) is 25.4 Å². The monoisotopic (exact) mass is 456 g/mol. The number of carbonyl (C=O) groups excluding carboxylic acids is 2. The molecule has 0 aliphatic rings. The first kappa shape index (κ1) is 25.2. The Morgan fingerprint density at radius 1 is 0.794 bits per heavy atom. The lowest BCUT2D eigenvalue weighted by atomic mass is 10.00. The van der Waals surface area contributed by atoms with Crippen molar-refractivity contribution in [2.75, 3.05) is 6.54 Å². The molecule has 1 N–H and O–H groups in total. The predicted molar refractivity (Wildman–Crippen MR) is 138 cm³/mol. The van der Waals surface area contributed by atoms with Gasteiger partial charge in [0.15, 0.2) is 0 Å². The van der Waals surface area contributed by atoms with Gasteiger partial charge in [-0.25, -0.2) is 0 Å². The highest BCUT2D eigenvalue weighted by atomic mass is 16.2. The van der Waals surface area contributed by atoms with Crippen LogP contribution in [0.1, 0.15) is 41.7 Å². The van der Waals surface area contributed by atoms with E-state index < -0.39 is 6.04 Å². The van der Waals surface area contributed by atoms with Crippen LogP contribution in [0.4, 0.5) is 0 Å². The average Bonchev–Trinajstić information content (AvgIpc) is 2.80. The number of nitrogens with one attached hydrogen (secondary N) is 1. The van der Waals surface area contributed by atoms with Crippen LogP contribution in [0.2, 0.25) is 0 Å². The quantitative estimate of drug-likeness (QED) is 0.452. The van der Waals surface area contributed by atoms with E-state index in [-0.39, 0.29) is 18.2 Å². The van der Waals surface area contributed by atoms with Crippen molar-refractivity contribution in [1.29, 1.82) is 0 Å². The third-order valence-electron chi connectivity index (χ3n) is 5.79. The number of benzene rings is 3. The van der Waals surface area contributed by atoms with Gasteiger partial charge in [-0.05, 0) is 36.5 Å². The van der Waals surface area contributed by atoms with Crippen molar-refractivity contribution in [3.63, 3.8) is 0 Å². The molecule has 0 bridgehead atoms. The number of hydrogen-bond acceptors (Lipinski definition) is 2. The number of nitrogens with zero attached hydrogens (tertiary/aromatic N) is 1. The van der Waals surface area contributed by atoms with Crippen molar-refractivity contribution in [3.05, 3.63) is 107 Å². The van der Waals surface area contributed by atoms with E-state index in [4.69, 9.17) is 0 Å². The van der Waals surface area contributed by atoms with Gasteiger partial charge in [-0.1, -0.05) is 104 Å². The Balaban J connectivity index is 1.95. The topological polar surface area (TPSA) is 49.4 Å². The minimum atomic E-state index is -0.597. The summed E-state index contributed by atoms with van der Waals surface area (Å²) in [6.45, 7) is 9.19. The Hall–Kier alpha value is -3.40. The third kappa shape index (κ3) is 7.58. The van der Waals surface area contributed by atoms with Crippen molar-refractivity contribution in [3.8, 4) is 0 Å². The molecule has 178 valence electrons. The summed E-state index contributed by atoms with van der Waals surface area (Å²) in [4.78, 5) is 29.0. The van der Waals surface area contributed by atoms with Crippen LogP contribution in [0.5, 0.6) is 0 Å². The normalized spacial score (nSPS) is 11.8. The van der Waals surface area contributed by atoms with E-state index in [9.17, 15) is 9.59 Å². The van der Waals surface area contributed by atoms with Crippen LogP contribution in [-0.2, 0) is 29.0 Å². The zero-order valence-electron chi connectivity index (χ0n) is 20.8. The van der Waals surface area contributed by atoms with Crippen molar-refractivity contribution < 1.29 is 9.59 Å². The zero-order valence-corrected chi connectivity index (χ0v) is 20.8. The molecule has 0 saturated carbocycles. The van der Waals surface area contributed by atoms with Gasteiger partial charge in [0.2, 0.25) is 11.8 Å². The van der Waals surface area contributed by atoms with E-state index in [1.165, 1.54) is 0 Å². The summed E-state index contributed by atoms with van der Waals surface area (Å²) in [6, 6.07) is 25.4. The van der Waals surface area contributed by atoms with Crippen molar-refractivity contribution in [2.24, 2.45) is 5.92 Å². The van der Waals surface area contributed by atoms with Gasteiger partial charge in [0.25, 0.3) is 0 Å². The van der Waals surface area contributed by atoms with Crippen LogP contribution in [-0.4, -0.2) is 29.3 Å². The molecule has 3 rings (SSSR count). The summed E-state index contributed by atoms with van der Waals surface area (Å²) < 4.78 is 0. The highest BCUT2D eigenvalue weighted by molar-refractivity contribution is 5.88. The summed E-state index contributed by atoms with van der Waals surface area (Å²) >= 11 is 0. The predicted octanol–water partition coefficient (Wildman–Crippen LogP) is 5.26. The van der Waals surface area contributed by atoms with Gasteiger partial charge in [0.1, 0.15) is 6.04 Å². The molecule has 1 atom stereocenters. The fourth-order valence-electron chi connectivity index (χ4n) is 4.20. The lowest BCUT2D eigenvalue weighted by molar-refractivity contribution is -0.140. The second kappa shape index (κ2) is 12.2. The van der Waals surface area contributed by atoms with Gasteiger partial charge in [0, 0.05) is 19.5 Å². The van der Waals surface area contributed by atoms with E-state index in [1.54, 1.807) is 4.90 Å². The maximum absolute atomic E-state index is 13.8. The van der Waals surface area contributed by atoms with Crippen LogP contribution in [0.25, 0.3) is 0 Å². The van der Waals surface area contributed by atoms with Gasteiger partial charge in [-0.15, -0.1) is 0 Å². The molecular formula is C30H36N2O2. The van der Waals surface area contributed by atoms with E-state index >= 15 is 0 Å². The van der Waals surface area contributed by atoms with Gasteiger partial charge >= 0.3 is 0 Å². The molecule has 4 heteroatoms. The SMILES string of the molecule is Cc1cc(C)cc(CC(=O)N(Cc2ccccc2)[C@H](Cc2ccccc2)C(=O)NCC(C)C)c1. The molecule has 0 heterocycles. The maximum atomic E-state index is 13.8. The Kier molecular flexibility index (Phi) is 9.03. The molecule has 3 aromatic rings. The molecular weight excluding hydrogens is 420 g/mol. The molecule has 2 amide bonds. The Labute approximate surface area is 204 Å². The molecule has 0 aromatic heterocycles. The molecule has 0 saturated heterocycles. The summed E-state index contributed by atoms with van der Waals surface area (Å²) in [5.41, 5.74) is 5.28. The Morgan fingerprint density at radius 2 is 1.35 bits per heavy atom. The fourth-order valence-corrected chi connectivity index (χ4v) is 4.20. The van der Waals surface area contributed by atoms with E-state index in [0.717, 1.165) is 27.8 Å². The van der Waals surface area contributed by atoms with Crippen LogP contribution in [0.3, 0.4) is 0 Å². The van der Waals surface area contributed by atoms with Crippen molar-refractivity contribution in [2.45, 2.75) is 53.1 Å². The van der Waals surface area contributed by atoms with Crippen LogP contribution < -0.4 is 5.32 Å². The molecule has 3 aromatic carbocycles. The molecule has 4 nitrogen and oxygen atoms in total. The minimum absolute atomic E-state index is 0.0468. The first-order chi connectivity index (χ1) is 16.3. The smallest absolute Gasteiger partial charge is 0.243 e. The number of amides is 2. The molecule has 0 spiro atoms. The average molecular weight is 457 g/mol. The molecule has 34 heavy (non-hydrogen) atoms.